The molecule has 1 spiro atoms. The summed E-state index contributed by atoms with van der Waals surface area (Å²) < 4.78 is 0. The Balaban J connectivity index is 0.000000152. The van der Waals surface area contributed by atoms with Gasteiger partial charge < -0.3 is 14.7 Å². The zero-order chi connectivity index (χ0) is 26.3. The molecule has 6 rings (SSSR count). The molecule has 0 aliphatic carbocycles. The molecular formula is C31H48N6. The summed E-state index contributed by atoms with van der Waals surface area (Å²) in [5, 5.41) is 0. The lowest BCUT2D eigenvalue weighted by Gasteiger charge is -2.48. The smallest absolute Gasteiger partial charge is 0.129 e. The second-order valence-electron chi connectivity index (χ2n) is 12.8. The fourth-order valence-corrected chi connectivity index (χ4v) is 6.73. The van der Waals surface area contributed by atoms with E-state index in [0.717, 1.165) is 19.0 Å². The van der Waals surface area contributed by atoms with Gasteiger partial charge in [-0.2, -0.15) is 0 Å². The van der Waals surface area contributed by atoms with Gasteiger partial charge >= 0.3 is 0 Å². The van der Waals surface area contributed by atoms with Gasteiger partial charge in [0, 0.05) is 62.2 Å². The highest BCUT2D eigenvalue weighted by Gasteiger charge is 2.47. The number of fused-ring (bicyclic) bond motifs is 1. The largest absolute Gasteiger partial charge is 0.355 e. The van der Waals surface area contributed by atoms with E-state index in [1.807, 2.05) is 0 Å². The van der Waals surface area contributed by atoms with E-state index in [2.05, 4.69) is 98.6 Å². The fraction of sp³-hybridized carbons (Fsp3) is 0.677. The number of hydrogen-bond acceptors (Lipinski definition) is 6. The highest BCUT2D eigenvalue weighted by Crippen LogP contribution is 2.39. The van der Waals surface area contributed by atoms with Crippen LogP contribution in [0.1, 0.15) is 75.7 Å². The van der Waals surface area contributed by atoms with Crippen LogP contribution in [-0.2, 0) is 0 Å². The van der Waals surface area contributed by atoms with E-state index in [9.17, 15) is 0 Å². The van der Waals surface area contributed by atoms with Gasteiger partial charge in [0.1, 0.15) is 11.6 Å². The van der Waals surface area contributed by atoms with Crippen LogP contribution in [0.15, 0.2) is 30.3 Å². The van der Waals surface area contributed by atoms with Crippen molar-refractivity contribution in [2.24, 2.45) is 5.92 Å². The topological polar surface area (TPSA) is 38.7 Å². The summed E-state index contributed by atoms with van der Waals surface area (Å²) >= 11 is 0. The van der Waals surface area contributed by atoms with Crippen molar-refractivity contribution in [1.29, 1.82) is 0 Å². The molecule has 0 saturated carbocycles. The Kier molecular flexibility index (Phi) is 7.52. The lowest BCUT2D eigenvalue weighted by molar-refractivity contribution is 0.0307. The third-order valence-corrected chi connectivity index (χ3v) is 9.32. The van der Waals surface area contributed by atoms with E-state index in [0.29, 0.717) is 23.4 Å². The van der Waals surface area contributed by atoms with Crippen molar-refractivity contribution >= 4 is 11.6 Å². The summed E-state index contributed by atoms with van der Waals surface area (Å²) in [6.45, 7) is 18.2. The van der Waals surface area contributed by atoms with Crippen molar-refractivity contribution in [1.82, 2.24) is 19.8 Å². The van der Waals surface area contributed by atoms with Crippen LogP contribution in [-0.4, -0.2) is 84.7 Å². The number of hydrogen-bond donors (Lipinski definition) is 0. The minimum absolute atomic E-state index is 0.454. The minimum atomic E-state index is 0.454. The molecule has 3 unspecified atom stereocenters. The first-order chi connectivity index (χ1) is 17.6. The van der Waals surface area contributed by atoms with Gasteiger partial charge in [0.05, 0.1) is 0 Å². The number of anilines is 2. The Morgan fingerprint density at radius 2 is 1.59 bits per heavy atom. The molecule has 6 nitrogen and oxygen atoms in total. The molecular weight excluding hydrogens is 456 g/mol. The number of likely N-dealkylation sites (N-methyl/N-ethyl adjacent to an activating group) is 2. The van der Waals surface area contributed by atoms with E-state index >= 15 is 0 Å². The van der Waals surface area contributed by atoms with Crippen molar-refractivity contribution in [3.05, 3.63) is 47.3 Å². The Labute approximate surface area is 225 Å². The maximum Gasteiger partial charge on any atom is 0.129 e. The molecule has 0 bridgehead atoms. The average molecular weight is 505 g/mol. The van der Waals surface area contributed by atoms with E-state index in [1.165, 1.54) is 74.0 Å². The zero-order valence-electron chi connectivity index (χ0n) is 24.2. The SMILES string of the molecule is CC(C)c1cccc(N2CCC3(CCN3C)C2)n1.Cc1cc(C(C)C)nc(N2CCC3CN(C)CC32)c1. The summed E-state index contributed by atoms with van der Waals surface area (Å²) in [6, 6.07) is 11.6. The van der Waals surface area contributed by atoms with Crippen molar-refractivity contribution < 1.29 is 0 Å². The summed E-state index contributed by atoms with van der Waals surface area (Å²) in [5.74, 6) is 4.22. The minimum Gasteiger partial charge on any atom is -0.355 e. The first kappa shape index (κ1) is 26.4. The normalized spacial score (nSPS) is 27.7. The van der Waals surface area contributed by atoms with E-state index in [1.54, 1.807) is 0 Å². The molecule has 0 amide bonds. The number of likely N-dealkylation sites (tertiary alicyclic amines) is 2. The summed E-state index contributed by atoms with van der Waals surface area (Å²) in [7, 11) is 4.49. The monoisotopic (exact) mass is 504 g/mol. The molecule has 0 radical (unpaired) electrons. The van der Waals surface area contributed by atoms with Crippen LogP contribution in [0.4, 0.5) is 11.6 Å². The fourth-order valence-electron chi connectivity index (χ4n) is 6.73. The predicted molar refractivity (Wildman–Crippen MR) is 155 cm³/mol. The first-order valence-electron chi connectivity index (χ1n) is 14.5. The van der Waals surface area contributed by atoms with Crippen molar-refractivity contribution in [2.45, 2.75) is 77.3 Å². The molecule has 6 heterocycles. The van der Waals surface area contributed by atoms with E-state index in [4.69, 9.17) is 9.97 Å². The Morgan fingerprint density at radius 3 is 2.24 bits per heavy atom. The second-order valence-corrected chi connectivity index (χ2v) is 12.8. The molecule has 4 fully saturated rings. The lowest BCUT2D eigenvalue weighted by Crippen LogP contribution is -2.59. The number of nitrogens with zero attached hydrogens (tertiary/aromatic N) is 6. The summed E-state index contributed by atoms with van der Waals surface area (Å²) in [4.78, 5) is 19.7. The Hall–Kier alpha value is -2.18. The van der Waals surface area contributed by atoms with Crippen LogP contribution >= 0.6 is 0 Å². The molecule has 2 aromatic heterocycles. The van der Waals surface area contributed by atoms with Crippen LogP contribution in [0.5, 0.6) is 0 Å². The van der Waals surface area contributed by atoms with Crippen LogP contribution < -0.4 is 9.80 Å². The van der Waals surface area contributed by atoms with E-state index < -0.39 is 0 Å². The van der Waals surface area contributed by atoms with Crippen molar-refractivity contribution in [3.8, 4) is 0 Å². The molecule has 0 N–H and O–H groups in total. The molecule has 4 aliphatic rings. The van der Waals surface area contributed by atoms with Gasteiger partial charge in [-0.05, 0) is 87.9 Å². The molecule has 202 valence electrons. The van der Waals surface area contributed by atoms with Gasteiger partial charge in [0.15, 0.2) is 0 Å². The van der Waals surface area contributed by atoms with Gasteiger partial charge in [0.25, 0.3) is 0 Å². The number of aryl methyl sites for hydroxylation is 1. The van der Waals surface area contributed by atoms with Gasteiger partial charge in [0.2, 0.25) is 0 Å². The Morgan fingerprint density at radius 1 is 0.865 bits per heavy atom. The highest BCUT2D eigenvalue weighted by atomic mass is 15.3. The average Bonchev–Trinajstić information content (AvgIpc) is 3.58. The zero-order valence-corrected chi connectivity index (χ0v) is 24.2. The second kappa shape index (κ2) is 10.5. The third-order valence-electron chi connectivity index (χ3n) is 9.32. The third kappa shape index (κ3) is 5.37. The van der Waals surface area contributed by atoms with Gasteiger partial charge in [-0.15, -0.1) is 0 Å². The number of rotatable bonds is 4. The molecule has 2 aromatic rings. The molecule has 6 heteroatoms. The van der Waals surface area contributed by atoms with Gasteiger partial charge in [-0.25, -0.2) is 9.97 Å². The lowest BCUT2D eigenvalue weighted by atomic mass is 9.85. The maximum atomic E-state index is 4.91. The van der Waals surface area contributed by atoms with Gasteiger partial charge in [-0.1, -0.05) is 33.8 Å². The standard InChI is InChI=1S/C16H25N3.C15H23N3/c1-11(2)14-7-12(3)8-16(17-14)19-6-5-13-9-18(4)10-15(13)19;1-12(2)13-5-4-6-14(16-13)18-10-8-15(11-18)7-9-17(15)3/h7-8,11,13,15H,5-6,9-10H2,1-4H3;4-6,12H,7-11H2,1-3H3. The number of pyridine rings is 2. The van der Waals surface area contributed by atoms with Gasteiger partial charge in [-0.3, -0.25) is 4.90 Å². The van der Waals surface area contributed by atoms with Crippen molar-refractivity contribution in [2.75, 3.05) is 63.2 Å². The predicted octanol–water partition coefficient (Wildman–Crippen LogP) is 5.14. The summed E-state index contributed by atoms with van der Waals surface area (Å²) in [5.41, 5.74) is 4.22. The number of aromatic nitrogens is 2. The van der Waals surface area contributed by atoms with Crippen molar-refractivity contribution in [3.63, 3.8) is 0 Å². The Bertz CT molecular complexity index is 1080. The first-order valence-corrected chi connectivity index (χ1v) is 14.5. The van der Waals surface area contributed by atoms with Crippen LogP contribution in [0.25, 0.3) is 0 Å². The van der Waals surface area contributed by atoms with Crippen LogP contribution in [0.3, 0.4) is 0 Å². The maximum absolute atomic E-state index is 4.91. The van der Waals surface area contributed by atoms with Crippen LogP contribution in [0.2, 0.25) is 0 Å². The summed E-state index contributed by atoms with van der Waals surface area (Å²) in [6.07, 6.45) is 3.96. The molecule has 0 aromatic carbocycles. The molecule has 4 aliphatic heterocycles. The molecule has 4 saturated heterocycles. The molecule has 3 atom stereocenters. The molecule has 37 heavy (non-hydrogen) atoms. The van der Waals surface area contributed by atoms with Crippen LogP contribution in [0, 0.1) is 12.8 Å². The highest BCUT2D eigenvalue weighted by molar-refractivity contribution is 5.46. The van der Waals surface area contributed by atoms with E-state index in [-0.39, 0.29) is 0 Å². The quantitative estimate of drug-likeness (QED) is 0.574.